The number of morpholine rings is 1. The number of ether oxygens (including phenoxy) is 1. The van der Waals surface area contributed by atoms with Crippen LogP contribution in [0.1, 0.15) is 11.6 Å². The first-order chi connectivity index (χ1) is 8.81. The fourth-order valence-electron chi connectivity index (χ4n) is 2.72. The van der Waals surface area contributed by atoms with Gasteiger partial charge in [-0.05, 0) is 29.4 Å². The number of likely N-dealkylation sites (N-methyl/N-ethyl adjacent to an activating group) is 1. The molecule has 2 N–H and O–H groups in total. The number of hydrogen-bond acceptors (Lipinski definition) is 4. The van der Waals surface area contributed by atoms with Gasteiger partial charge in [-0.15, -0.1) is 11.3 Å². The van der Waals surface area contributed by atoms with Crippen molar-refractivity contribution in [1.82, 2.24) is 4.90 Å². The highest BCUT2D eigenvalue weighted by Gasteiger charge is 2.31. The number of fused-ring (bicyclic) bond motifs is 1. The van der Waals surface area contributed by atoms with E-state index in [1.54, 1.807) is 11.3 Å². The zero-order valence-corrected chi connectivity index (χ0v) is 11.3. The molecule has 0 spiro atoms. The molecule has 0 saturated carbocycles. The number of rotatable bonds is 2. The van der Waals surface area contributed by atoms with E-state index in [0.29, 0.717) is 6.54 Å². The molecule has 96 valence electrons. The summed E-state index contributed by atoms with van der Waals surface area (Å²) in [5.74, 6) is 0. The molecule has 3 rings (SSSR count). The second-order valence-electron chi connectivity index (χ2n) is 4.76. The lowest BCUT2D eigenvalue weighted by Gasteiger charge is -2.38. The van der Waals surface area contributed by atoms with Gasteiger partial charge in [-0.25, -0.2) is 0 Å². The van der Waals surface area contributed by atoms with E-state index >= 15 is 0 Å². The zero-order chi connectivity index (χ0) is 12.5. The molecular weight excluding hydrogens is 244 g/mol. The number of nitrogens with two attached hydrogens (primary N) is 1. The third-order valence-corrected chi connectivity index (χ3v) is 4.65. The number of nitrogens with zero attached hydrogens (tertiary/aromatic N) is 1. The first-order valence-electron chi connectivity index (χ1n) is 6.29. The fourth-order valence-corrected chi connectivity index (χ4v) is 3.71. The van der Waals surface area contributed by atoms with Gasteiger partial charge in [-0.3, -0.25) is 4.90 Å². The molecule has 0 bridgehead atoms. The van der Waals surface area contributed by atoms with Crippen LogP contribution in [-0.2, 0) is 4.74 Å². The van der Waals surface area contributed by atoms with Crippen LogP contribution in [0.3, 0.4) is 0 Å². The summed E-state index contributed by atoms with van der Waals surface area (Å²) in [7, 11) is 2.16. The Morgan fingerprint density at radius 2 is 2.28 bits per heavy atom. The maximum atomic E-state index is 5.86. The molecule has 4 heteroatoms. The van der Waals surface area contributed by atoms with Crippen molar-refractivity contribution < 1.29 is 4.74 Å². The Morgan fingerprint density at radius 1 is 1.44 bits per heavy atom. The van der Waals surface area contributed by atoms with Gasteiger partial charge >= 0.3 is 0 Å². The Morgan fingerprint density at radius 3 is 3.11 bits per heavy atom. The molecule has 1 fully saturated rings. The lowest BCUT2D eigenvalue weighted by Crippen LogP contribution is -2.46. The van der Waals surface area contributed by atoms with Crippen LogP contribution in [0.2, 0.25) is 0 Å². The second-order valence-corrected chi connectivity index (χ2v) is 5.67. The van der Waals surface area contributed by atoms with Crippen LogP contribution in [0.5, 0.6) is 0 Å². The summed E-state index contributed by atoms with van der Waals surface area (Å²) >= 11 is 1.80. The molecule has 3 nitrogen and oxygen atoms in total. The molecule has 1 aromatic carbocycles. The average Bonchev–Trinajstić information content (AvgIpc) is 2.82. The normalized spacial score (nSPS) is 25.7. The molecule has 1 aliphatic heterocycles. The van der Waals surface area contributed by atoms with E-state index in [9.17, 15) is 0 Å². The van der Waals surface area contributed by atoms with E-state index in [0.717, 1.165) is 13.2 Å². The summed E-state index contributed by atoms with van der Waals surface area (Å²) in [6.45, 7) is 2.31. The van der Waals surface area contributed by atoms with E-state index < -0.39 is 0 Å². The van der Waals surface area contributed by atoms with Gasteiger partial charge in [0.25, 0.3) is 0 Å². The van der Waals surface area contributed by atoms with Crippen molar-refractivity contribution in [3.8, 4) is 0 Å². The third-order valence-electron chi connectivity index (χ3n) is 3.66. The quantitative estimate of drug-likeness (QED) is 0.902. The topological polar surface area (TPSA) is 38.5 Å². The van der Waals surface area contributed by atoms with Crippen LogP contribution in [0.25, 0.3) is 10.1 Å². The summed E-state index contributed by atoms with van der Waals surface area (Å²) in [6, 6.07) is 8.82. The van der Waals surface area contributed by atoms with Crippen LogP contribution in [-0.4, -0.2) is 37.7 Å². The zero-order valence-electron chi connectivity index (χ0n) is 10.5. The molecule has 2 atom stereocenters. The molecular formula is C14H18N2OS. The highest BCUT2D eigenvalue weighted by atomic mass is 32.1. The van der Waals surface area contributed by atoms with Crippen LogP contribution in [0, 0.1) is 0 Å². The fraction of sp³-hybridized carbons (Fsp3) is 0.429. The van der Waals surface area contributed by atoms with Crippen LogP contribution >= 0.6 is 11.3 Å². The molecule has 1 saturated heterocycles. The van der Waals surface area contributed by atoms with Gasteiger partial charge in [-0.2, -0.15) is 0 Å². The van der Waals surface area contributed by atoms with Gasteiger partial charge < -0.3 is 10.5 Å². The molecule has 1 aliphatic rings. The van der Waals surface area contributed by atoms with Crippen LogP contribution in [0.4, 0.5) is 0 Å². The van der Waals surface area contributed by atoms with Crippen molar-refractivity contribution >= 4 is 21.4 Å². The molecule has 0 aliphatic carbocycles. The van der Waals surface area contributed by atoms with Gasteiger partial charge in [0.2, 0.25) is 0 Å². The highest BCUT2D eigenvalue weighted by Crippen LogP contribution is 2.36. The smallest absolute Gasteiger partial charge is 0.0894 e. The average molecular weight is 262 g/mol. The van der Waals surface area contributed by atoms with Crippen molar-refractivity contribution in [3.05, 3.63) is 35.2 Å². The lowest BCUT2D eigenvalue weighted by atomic mass is 9.98. The predicted octanol–water partition coefficient (Wildman–Crippen LogP) is 2.23. The Balaban J connectivity index is 2.06. The molecule has 18 heavy (non-hydrogen) atoms. The van der Waals surface area contributed by atoms with Crippen molar-refractivity contribution in [1.29, 1.82) is 0 Å². The minimum absolute atomic E-state index is 0.0988. The standard InChI is InChI=1S/C14H18N2OS/c1-16-6-7-17-12(8-15)14(16)11-9-18-13-5-3-2-4-10(11)13/h2-5,9,12,14H,6-8,15H2,1H3. The SMILES string of the molecule is CN1CCOC(CN)C1c1csc2ccccc12. The largest absolute Gasteiger partial charge is 0.374 e. The second kappa shape index (κ2) is 4.97. The molecule has 0 radical (unpaired) electrons. The van der Waals surface area contributed by atoms with Gasteiger partial charge in [0.15, 0.2) is 0 Å². The minimum Gasteiger partial charge on any atom is -0.374 e. The number of hydrogen-bond donors (Lipinski definition) is 1. The van der Waals surface area contributed by atoms with E-state index in [-0.39, 0.29) is 12.1 Å². The van der Waals surface area contributed by atoms with Gasteiger partial charge in [-0.1, -0.05) is 18.2 Å². The van der Waals surface area contributed by atoms with Gasteiger partial charge in [0.1, 0.15) is 0 Å². The van der Waals surface area contributed by atoms with Crippen molar-refractivity contribution in [2.45, 2.75) is 12.1 Å². The maximum Gasteiger partial charge on any atom is 0.0894 e. The molecule has 2 heterocycles. The summed E-state index contributed by atoms with van der Waals surface area (Å²) in [5, 5.41) is 3.59. The van der Waals surface area contributed by atoms with Crippen molar-refractivity contribution in [3.63, 3.8) is 0 Å². The summed E-state index contributed by atoms with van der Waals surface area (Å²) in [5.41, 5.74) is 7.21. The Labute approximate surface area is 111 Å². The third kappa shape index (κ3) is 1.95. The molecule has 0 amide bonds. The number of thiophene rings is 1. The van der Waals surface area contributed by atoms with Crippen molar-refractivity contribution in [2.24, 2.45) is 5.73 Å². The van der Waals surface area contributed by atoms with E-state index in [1.807, 2.05) is 0 Å². The summed E-state index contributed by atoms with van der Waals surface area (Å²) in [4.78, 5) is 2.36. The number of benzene rings is 1. The van der Waals surface area contributed by atoms with Gasteiger partial charge in [0.05, 0.1) is 18.8 Å². The Kier molecular flexibility index (Phi) is 3.35. The predicted molar refractivity (Wildman–Crippen MR) is 76.0 cm³/mol. The highest BCUT2D eigenvalue weighted by molar-refractivity contribution is 7.17. The van der Waals surface area contributed by atoms with Crippen molar-refractivity contribution in [2.75, 3.05) is 26.7 Å². The van der Waals surface area contributed by atoms with E-state index in [4.69, 9.17) is 10.5 Å². The summed E-state index contributed by atoms with van der Waals surface area (Å²) in [6.07, 6.45) is 0.0988. The Hall–Kier alpha value is -0.940. The minimum atomic E-state index is 0.0988. The molecule has 2 aromatic rings. The monoisotopic (exact) mass is 262 g/mol. The molecule has 1 aromatic heterocycles. The van der Waals surface area contributed by atoms with Gasteiger partial charge in [0, 0.05) is 17.8 Å². The summed E-state index contributed by atoms with van der Waals surface area (Å²) < 4.78 is 7.16. The van der Waals surface area contributed by atoms with E-state index in [2.05, 4.69) is 41.6 Å². The first-order valence-corrected chi connectivity index (χ1v) is 7.17. The lowest BCUT2D eigenvalue weighted by molar-refractivity contribution is -0.0570. The Bertz CT molecular complexity index is 539. The molecule has 2 unspecified atom stereocenters. The van der Waals surface area contributed by atoms with Crippen LogP contribution in [0.15, 0.2) is 29.6 Å². The first kappa shape index (κ1) is 12.1. The van der Waals surface area contributed by atoms with E-state index in [1.165, 1.54) is 15.6 Å². The maximum absolute atomic E-state index is 5.86. The van der Waals surface area contributed by atoms with Crippen LogP contribution < -0.4 is 5.73 Å².